The molecule has 12 nitrogen and oxygen atoms in total. The number of Topliss-reactive ketones (excluding diaryl/α,β-unsaturated/α-hetero) is 1. The number of halogens is 6. The Hall–Kier alpha value is -3.00. The van der Waals surface area contributed by atoms with E-state index in [1.165, 1.54) is 18.2 Å². The number of alkyl halides is 4. The van der Waals surface area contributed by atoms with Crippen LogP contribution in [0.2, 0.25) is 0 Å². The number of ketones is 1. The Morgan fingerprint density at radius 3 is 1.69 bits per heavy atom. The predicted octanol–water partition coefficient (Wildman–Crippen LogP) is 5.19. The van der Waals surface area contributed by atoms with E-state index in [-0.39, 0.29) is 21.2 Å². The highest BCUT2D eigenvalue weighted by Crippen LogP contribution is 2.77. The number of nitrogens with zero attached hydrogens (tertiary/aromatic N) is 4. The molecule has 0 N–H and O–H groups in total. The van der Waals surface area contributed by atoms with Crippen LogP contribution in [-0.4, -0.2) is 64.0 Å². The summed E-state index contributed by atoms with van der Waals surface area (Å²) in [6.07, 6.45) is 0. The van der Waals surface area contributed by atoms with Crippen molar-refractivity contribution in [2.75, 3.05) is 6.54 Å². The van der Waals surface area contributed by atoms with Crippen molar-refractivity contribution in [3.8, 4) is 0 Å². The summed E-state index contributed by atoms with van der Waals surface area (Å²) in [7, 11) is 0. The zero-order valence-corrected chi connectivity index (χ0v) is 24.8. The molecule has 2 bridgehead atoms. The largest absolute Gasteiger partial charge is 0.292 e. The third-order valence-electron chi connectivity index (χ3n) is 7.34. The van der Waals surface area contributed by atoms with E-state index in [1.54, 1.807) is 0 Å². The van der Waals surface area contributed by atoms with Crippen LogP contribution in [0.4, 0.5) is 11.4 Å². The molecule has 18 heteroatoms. The summed E-state index contributed by atoms with van der Waals surface area (Å²) in [6.45, 7) is -1.02. The number of carbonyl (C=O) groups excluding carboxylic acids is 4. The van der Waals surface area contributed by atoms with Gasteiger partial charge in [-0.2, -0.15) is 5.01 Å². The van der Waals surface area contributed by atoms with E-state index in [2.05, 4.69) is 0 Å². The summed E-state index contributed by atoms with van der Waals surface area (Å²) in [5, 5.41) is 22.5. The predicted molar refractivity (Wildman–Crippen MR) is 151 cm³/mol. The first-order valence-corrected chi connectivity index (χ1v) is 13.8. The van der Waals surface area contributed by atoms with Crippen LogP contribution >= 0.6 is 69.6 Å². The number of nitro benzene ring substituents is 2. The number of hydrazine groups is 1. The number of allylic oxidation sites excluding steroid dienone is 2. The van der Waals surface area contributed by atoms with Crippen molar-refractivity contribution in [2.24, 2.45) is 11.8 Å². The maximum Gasteiger partial charge on any atom is 0.273 e. The first-order valence-electron chi connectivity index (χ1n) is 11.5. The molecule has 1 aliphatic heterocycles. The molecule has 1 saturated carbocycles. The lowest BCUT2D eigenvalue weighted by Crippen LogP contribution is -2.56. The van der Waals surface area contributed by atoms with Crippen molar-refractivity contribution in [1.82, 2.24) is 10.0 Å². The number of nitro groups is 2. The summed E-state index contributed by atoms with van der Waals surface area (Å²) in [6, 6.07) is 8.78. The van der Waals surface area contributed by atoms with Gasteiger partial charge in [0, 0.05) is 35.4 Å². The normalized spacial score (nSPS) is 27.3. The van der Waals surface area contributed by atoms with Gasteiger partial charge in [0.2, 0.25) is 0 Å². The Balaban J connectivity index is 1.61. The minimum atomic E-state index is -2.27. The van der Waals surface area contributed by atoms with Crippen molar-refractivity contribution < 1.29 is 29.0 Å². The topological polar surface area (TPSA) is 161 Å². The maximum atomic E-state index is 13.9. The number of amides is 3. The van der Waals surface area contributed by atoms with Gasteiger partial charge in [-0.15, -0.1) is 23.2 Å². The highest BCUT2D eigenvalue weighted by Gasteiger charge is 2.88. The number of benzene rings is 2. The molecule has 0 spiro atoms. The van der Waals surface area contributed by atoms with Crippen LogP contribution in [0.5, 0.6) is 0 Å². The molecule has 4 atom stereocenters. The molecule has 2 aromatic rings. The lowest BCUT2D eigenvalue weighted by Gasteiger charge is -2.36. The summed E-state index contributed by atoms with van der Waals surface area (Å²) in [4.78, 5) is 71.5. The fourth-order valence-electron chi connectivity index (χ4n) is 5.37. The molecule has 218 valence electrons. The molecule has 0 unspecified atom stereocenters. The van der Waals surface area contributed by atoms with Gasteiger partial charge in [0.05, 0.1) is 31.7 Å². The average Bonchev–Trinajstić information content (AvgIpc) is 3.34. The zero-order valence-electron chi connectivity index (χ0n) is 20.3. The molecule has 3 aliphatic rings. The fraction of sp³-hybridized carbons (Fsp3) is 0.250. The second-order valence-corrected chi connectivity index (χ2v) is 12.7. The van der Waals surface area contributed by atoms with Gasteiger partial charge in [0.15, 0.2) is 10.1 Å². The SMILES string of the molecule is O=C(CN(C(=O)c1cccc([N+](=O)[O-])c1)N1C(=O)[C@H]2[C@H](C1=O)[C@@]1(Cl)C(Cl)=C(Cl)[C@@]2(Cl)C1(Cl)Cl)c1cccc([N+](=O)[O-])c1. The lowest BCUT2D eigenvalue weighted by molar-refractivity contribution is -0.385. The average molecular weight is 697 g/mol. The van der Waals surface area contributed by atoms with E-state index in [0.717, 1.165) is 30.3 Å². The minimum Gasteiger partial charge on any atom is -0.292 e. The number of rotatable bonds is 7. The first kappa shape index (κ1) is 30.5. The monoisotopic (exact) mass is 694 g/mol. The molecule has 2 aliphatic carbocycles. The van der Waals surface area contributed by atoms with Crippen LogP contribution in [0.1, 0.15) is 20.7 Å². The second kappa shape index (κ2) is 10.0. The molecular formula is C24H12Cl6N4O8. The molecular weight excluding hydrogens is 685 g/mol. The second-order valence-electron chi connectivity index (χ2n) is 9.47. The third-order valence-corrected chi connectivity index (χ3v) is 11.6. The van der Waals surface area contributed by atoms with Crippen LogP contribution in [-0.2, 0) is 9.59 Å². The summed E-state index contributed by atoms with van der Waals surface area (Å²) in [5.41, 5.74) is -1.57. The number of carbonyl (C=O) groups is 4. The van der Waals surface area contributed by atoms with E-state index in [9.17, 15) is 39.4 Å². The zero-order chi connectivity index (χ0) is 31.1. The highest BCUT2D eigenvalue weighted by atomic mass is 35.5. The Morgan fingerprint density at radius 1 is 0.810 bits per heavy atom. The van der Waals surface area contributed by atoms with Gasteiger partial charge in [0.1, 0.15) is 16.3 Å². The van der Waals surface area contributed by atoms with Crippen molar-refractivity contribution in [3.05, 3.63) is 90.0 Å². The quantitative estimate of drug-likeness (QED) is 0.126. The Bertz CT molecular complexity index is 1640. The van der Waals surface area contributed by atoms with E-state index < -0.39 is 77.2 Å². The summed E-state index contributed by atoms with van der Waals surface area (Å²) < 4.78 is -2.27. The van der Waals surface area contributed by atoms with Crippen molar-refractivity contribution >= 4 is 104 Å². The molecule has 5 rings (SSSR count). The van der Waals surface area contributed by atoms with Crippen LogP contribution < -0.4 is 0 Å². The Morgan fingerprint density at radius 2 is 1.24 bits per heavy atom. The molecule has 1 heterocycles. The minimum absolute atomic E-state index is 0.240. The number of imide groups is 1. The third kappa shape index (κ3) is 3.89. The number of non-ortho nitro benzene ring substituents is 2. The lowest BCUT2D eigenvalue weighted by atomic mass is 9.84. The number of hydrogen-bond acceptors (Lipinski definition) is 8. The number of hydrogen-bond donors (Lipinski definition) is 0. The molecule has 42 heavy (non-hydrogen) atoms. The Labute approximate surface area is 264 Å². The van der Waals surface area contributed by atoms with Gasteiger partial charge in [-0.1, -0.05) is 64.6 Å². The summed E-state index contributed by atoms with van der Waals surface area (Å²) in [5.74, 6) is -7.75. The molecule has 0 radical (unpaired) electrons. The van der Waals surface area contributed by atoms with Crippen LogP contribution in [0.3, 0.4) is 0 Å². The Kier molecular flexibility index (Phi) is 7.28. The van der Waals surface area contributed by atoms with Crippen molar-refractivity contribution in [1.29, 1.82) is 0 Å². The van der Waals surface area contributed by atoms with E-state index in [1.807, 2.05) is 0 Å². The van der Waals surface area contributed by atoms with E-state index in [4.69, 9.17) is 69.6 Å². The van der Waals surface area contributed by atoms with E-state index >= 15 is 0 Å². The molecule has 2 fully saturated rings. The van der Waals surface area contributed by atoms with Crippen molar-refractivity contribution in [2.45, 2.75) is 14.1 Å². The van der Waals surface area contributed by atoms with Gasteiger partial charge in [-0.05, 0) is 6.07 Å². The molecule has 3 amide bonds. The molecule has 2 aromatic carbocycles. The van der Waals surface area contributed by atoms with Crippen LogP contribution in [0.15, 0.2) is 58.6 Å². The summed E-state index contributed by atoms with van der Waals surface area (Å²) >= 11 is 39.1. The van der Waals surface area contributed by atoms with E-state index in [0.29, 0.717) is 10.0 Å². The maximum absolute atomic E-state index is 13.9. The van der Waals surface area contributed by atoms with Gasteiger partial charge >= 0.3 is 0 Å². The van der Waals surface area contributed by atoms with Crippen molar-refractivity contribution in [3.63, 3.8) is 0 Å². The first-order chi connectivity index (χ1) is 19.5. The van der Waals surface area contributed by atoms with Gasteiger partial charge in [0.25, 0.3) is 29.1 Å². The molecule has 1 saturated heterocycles. The van der Waals surface area contributed by atoms with Gasteiger partial charge in [-0.25, -0.2) is 5.01 Å². The number of fused-ring (bicyclic) bond motifs is 5. The highest BCUT2D eigenvalue weighted by molar-refractivity contribution is 6.66. The van der Waals surface area contributed by atoms with Crippen LogP contribution in [0, 0.1) is 32.1 Å². The fourth-order valence-corrected chi connectivity index (χ4v) is 8.30. The van der Waals surface area contributed by atoms with Gasteiger partial charge < -0.3 is 0 Å². The standard InChI is InChI=1S/C24H12Cl6N4O8/c25-17-18(26)23(28)16-15(22(17,27)24(23,29)30)20(37)32(21(16)38)31(19(36)11-4-2-6-13(8-11)34(41)42)9-14(35)10-3-1-5-12(7-10)33(39)40/h1-8,15-16H,9H2/t15-,16-,22-,23-/m1/s1. The molecule has 0 aromatic heterocycles. The van der Waals surface area contributed by atoms with Gasteiger partial charge in [-0.3, -0.25) is 39.4 Å². The smallest absolute Gasteiger partial charge is 0.273 e. The van der Waals surface area contributed by atoms with Crippen LogP contribution in [0.25, 0.3) is 0 Å².